The van der Waals surface area contributed by atoms with Crippen LogP contribution in [0.2, 0.25) is 0 Å². The lowest BCUT2D eigenvalue weighted by Gasteiger charge is -2.11. The Labute approximate surface area is 193 Å². The summed E-state index contributed by atoms with van der Waals surface area (Å²) >= 11 is 1.18. The number of halogens is 1. The molecule has 0 aliphatic carbocycles. The van der Waals surface area contributed by atoms with Crippen LogP contribution in [-0.4, -0.2) is 37.8 Å². The van der Waals surface area contributed by atoms with Gasteiger partial charge in [0.2, 0.25) is 11.1 Å². The van der Waals surface area contributed by atoms with Crippen LogP contribution >= 0.6 is 11.8 Å². The van der Waals surface area contributed by atoms with Crippen molar-refractivity contribution in [3.63, 3.8) is 0 Å². The van der Waals surface area contributed by atoms with Crippen LogP contribution < -0.4 is 10.6 Å². The third kappa shape index (κ3) is 5.42. The number of aryl methyl sites for hydroxylation is 1. The van der Waals surface area contributed by atoms with Crippen LogP contribution in [0.4, 0.5) is 15.8 Å². The molecule has 1 heterocycles. The maximum Gasteiger partial charge on any atom is 0.257 e. The summed E-state index contributed by atoms with van der Waals surface area (Å²) < 4.78 is 14.7. The van der Waals surface area contributed by atoms with E-state index >= 15 is 0 Å². The average Bonchev–Trinajstić information content (AvgIpc) is 3.28. The highest BCUT2D eigenvalue weighted by Crippen LogP contribution is 2.22. The summed E-state index contributed by atoms with van der Waals surface area (Å²) in [5, 5.41) is 17.7. The van der Waals surface area contributed by atoms with Crippen molar-refractivity contribution in [1.29, 1.82) is 0 Å². The van der Waals surface area contributed by atoms with Gasteiger partial charge in [0.05, 0.1) is 22.7 Å². The van der Waals surface area contributed by atoms with E-state index in [0.717, 1.165) is 11.3 Å². The van der Waals surface area contributed by atoms with Crippen molar-refractivity contribution in [2.75, 3.05) is 16.4 Å². The predicted molar refractivity (Wildman–Crippen MR) is 124 cm³/mol. The third-order valence-electron chi connectivity index (χ3n) is 4.66. The van der Waals surface area contributed by atoms with Crippen molar-refractivity contribution in [2.45, 2.75) is 12.1 Å². The van der Waals surface area contributed by atoms with Gasteiger partial charge in [-0.3, -0.25) is 9.59 Å². The summed E-state index contributed by atoms with van der Waals surface area (Å²) in [6.45, 7) is 1.95. The molecule has 10 heteroatoms. The molecule has 4 rings (SSSR count). The summed E-state index contributed by atoms with van der Waals surface area (Å²) in [7, 11) is 0. The number of hydrogen-bond acceptors (Lipinski definition) is 6. The Morgan fingerprint density at radius 2 is 1.70 bits per heavy atom. The smallest absolute Gasteiger partial charge is 0.257 e. The van der Waals surface area contributed by atoms with E-state index in [1.807, 2.05) is 31.2 Å². The summed E-state index contributed by atoms with van der Waals surface area (Å²) in [5.41, 5.74) is 2.91. The first kappa shape index (κ1) is 22.2. The van der Waals surface area contributed by atoms with Crippen molar-refractivity contribution < 1.29 is 14.0 Å². The highest BCUT2D eigenvalue weighted by Gasteiger charge is 2.16. The average molecular weight is 463 g/mol. The van der Waals surface area contributed by atoms with Crippen LogP contribution in [0, 0.1) is 12.7 Å². The monoisotopic (exact) mass is 462 g/mol. The number of rotatable bonds is 7. The van der Waals surface area contributed by atoms with E-state index in [1.165, 1.54) is 36.0 Å². The fourth-order valence-electron chi connectivity index (χ4n) is 3.06. The van der Waals surface area contributed by atoms with Gasteiger partial charge in [-0.1, -0.05) is 42.1 Å². The van der Waals surface area contributed by atoms with E-state index in [-0.39, 0.29) is 17.2 Å². The van der Waals surface area contributed by atoms with Crippen molar-refractivity contribution in [1.82, 2.24) is 20.2 Å². The fourth-order valence-corrected chi connectivity index (χ4v) is 3.74. The number of nitrogens with zero attached hydrogens (tertiary/aromatic N) is 4. The molecule has 0 unspecified atom stereocenters. The summed E-state index contributed by atoms with van der Waals surface area (Å²) in [4.78, 5) is 25.3. The molecule has 0 fully saturated rings. The molecule has 3 aromatic carbocycles. The van der Waals surface area contributed by atoms with Crippen LogP contribution in [-0.2, 0) is 4.79 Å². The maximum absolute atomic E-state index is 13.1. The summed E-state index contributed by atoms with van der Waals surface area (Å²) in [5.74, 6) is -1.10. The van der Waals surface area contributed by atoms with E-state index < -0.39 is 11.7 Å². The SMILES string of the molecule is Cc1ccccc1-n1nnnc1SCC(=O)Nc1ccccc1C(=O)Nc1ccc(F)cc1. The zero-order valence-corrected chi connectivity index (χ0v) is 18.3. The van der Waals surface area contributed by atoms with Crippen molar-refractivity contribution in [3.05, 3.63) is 89.7 Å². The van der Waals surface area contributed by atoms with Gasteiger partial charge in [0, 0.05) is 5.69 Å². The van der Waals surface area contributed by atoms with Crippen molar-refractivity contribution in [3.8, 4) is 5.69 Å². The number of benzene rings is 3. The van der Waals surface area contributed by atoms with Gasteiger partial charge < -0.3 is 10.6 Å². The number of hydrogen-bond donors (Lipinski definition) is 2. The van der Waals surface area contributed by atoms with Crippen molar-refractivity contribution in [2.24, 2.45) is 0 Å². The number of carbonyl (C=O) groups is 2. The predicted octanol–water partition coefficient (Wildman–Crippen LogP) is 4.09. The lowest BCUT2D eigenvalue weighted by atomic mass is 10.1. The number of nitrogens with one attached hydrogen (secondary N) is 2. The highest BCUT2D eigenvalue weighted by molar-refractivity contribution is 7.99. The van der Waals surface area contributed by atoms with E-state index in [2.05, 4.69) is 26.2 Å². The number of para-hydroxylation sites is 2. The topological polar surface area (TPSA) is 102 Å². The molecule has 1 aromatic heterocycles. The lowest BCUT2D eigenvalue weighted by Crippen LogP contribution is -2.19. The molecule has 0 saturated heterocycles. The first-order chi connectivity index (χ1) is 16.0. The first-order valence-corrected chi connectivity index (χ1v) is 10.9. The number of amides is 2. The second-order valence-electron chi connectivity index (χ2n) is 7.00. The molecule has 0 atom stereocenters. The lowest BCUT2D eigenvalue weighted by molar-refractivity contribution is -0.113. The molecule has 166 valence electrons. The zero-order chi connectivity index (χ0) is 23.2. The Morgan fingerprint density at radius 1 is 0.970 bits per heavy atom. The minimum absolute atomic E-state index is 0.0418. The molecule has 33 heavy (non-hydrogen) atoms. The normalized spacial score (nSPS) is 10.6. The van der Waals surface area contributed by atoms with E-state index in [1.54, 1.807) is 28.9 Å². The van der Waals surface area contributed by atoms with Gasteiger partial charge in [0.1, 0.15) is 5.82 Å². The van der Waals surface area contributed by atoms with E-state index in [0.29, 0.717) is 16.5 Å². The molecule has 2 amide bonds. The van der Waals surface area contributed by atoms with Crippen LogP contribution in [0.5, 0.6) is 0 Å². The Hall–Kier alpha value is -4.05. The van der Waals surface area contributed by atoms with Gasteiger partial charge in [-0.25, -0.2) is 4.39 Å². The van der Waals surface area contributed by atoms with E-state index in [9.17, 15) is 14.0 Å². The van der Waals surface area contributed by atoms with Gasteiger partial charge in [0.25, 0.3) is 5.91 Å². The molecule has 0 aliphatic heterocycles. The van der Waals surface area contributed by atoms with Gasteiger partial charge in [-0.15, -0.1) is 5.10 Å². The molecular formula is C23H19FN6O2S. The molecule has 0 radical (unpaired) electrons. The second kappa shape index (κ2) is 10.0. The van der Waals surface area contributed by atoms with Gasteiger partial charge in [-0.05, 0) is 65.4 Å². The number of aromatic nitrogens is 4. The second-order valence-corrected chi connectivity index (χ2v) is 7.95. The quantitative estimate of drug-likeness (QED) is 0.401. The van der Waals surface area contributed by atoms with Crippen LogP contribution in [0.3, 0.4) is 0 Å². The largest absolute Gasteiger partial charge is 0.325 e. The Kier molecular flexibility index (Phi) is 6.75. The molecule has 0 spiro atoms. The Morgan fingerprint density at radius 3 is 2.48 bits per heavy atom. The standard InChI is InChI=1S/C23H19FN6O2S/c1-15-6-2-5-9-20(15)30-23(27-28-29-30)33-14-21(31)26-19-8-4-3-7-18(19)22(32)25-17-12-10-16(24)11-13-17/h2-13H,14H2,1H3,(H,25,32)(H,26,31). The van der Waals surface area contributed by atoms with Gasteiger partial charge in [-0.2, -0.15) is 4.68 Å². The molecule has 8 nitrogen and oxygen atoms in total. The summed E-state index contributed by atoms with van der Waals surface area (Å²) in [6, 6.07) is 19.7. The maximum atomic E-state index is 13.1. The van der Waals surface area contributed by atoms with E-state index in [4.69, 9.17) is 0 Å². The number of anilines is 2. The molecule has 4 aromatic rings. The number of tetrazole rings is 1. The van der Waals surface area contributed by atoms with Gasteiger partial charge in [0.15, 0.2) is 0 Å². The molecule has 0 aliphatic rings. The number of thioether (sulfide) groups is 1. The Balaban J connectivity index is 1.42. The van der Waals surface area contributed by atoms with Gasteiger partial charge >= 0.3 is 0 Å². The van der Waals surface area contributed by atoms with Crippen LogP contribution in [0.1, 0.15) is 15.9 Å². The summed E-state index contributed by atoms with van der Waals surface area (Å²) in [6.07, 6.45) is 0. The third-order valence-corrected chi connectivity index (χ3v) is 5.58. The number of carbonyl (C=O) groups excluding carboxylic acids is 2. The van der Waals surface area contributed by atoms with Crippen molar-refractivity contribution >= 4 is 35.0 Å². The van der Waals surface area contributed by atoms with Crippen LogP contribution in [0.25, 0.3) is 5.69 Å². The fraction of sp³-hybridized carbons (Fsp3) is 0.0870. The molecule has 2 N–H and O–H groups in total. The minimum atomic E-state index is -0.423. The zero-order valence-electron chi connectivity index (χ0n) is 17.5. The Bertz CT molecular complexity index is 1290. The first-order valence-electron chi connectivity index (χ1n) is 9.94. The molecule has 0 bridgehead atoms. The minimum Gasteiger partial charge on any atom is -0.325 e. The highest BCUT2D eigenvalue weighted by atomic mass is 32.2. The molecular weight excluding hydrogens is 443 g/mol. The van der Waals surface area contributed by atoms with Crippen LogP contribution in [0.15, 0.2) is 78.0 Å². The molecule has 0 saturated carbocycles.